The van der Waals surface area contributed by atoms with Crippen LogP contribution in [0.1, 0.15) is 64.8 Å². The lowest BCUT2D eigenvalue weighted by atomic mass is 9.95. The number of hydrogen-bond acceptors (Lipinski definition) is 7. The number of carbonyl (C=O) groups is 1. The van der Waals surface area contributed by atoms with E-state index in [-0.39, 0.29) is 11.9 Å². The lowest BCUT2D eigenvalue weighted by Crippen LogP contribution is -2.35. The average Bonchev–Trinajstić information content (AvgIpc) is 3.29. The molecule has 0 bridgehead atoms. The Balaban J connectivity index is 1.94. The quantitative estimate of drug-likeness (QED) is 0.463. The van der Waals surface area contributed by atoms with Gasteiger partial charge in [0.2, 0.25) is 11.7 Å². The fraction of sp³-hybridized carbons (Fsp3) is 0.625. The summed E-state index contributed by atoms with van der Waals surface area (Å²) in [6.07, 6.45) is 7.60. The highest BCUT2D eigenvalue weighted by Crippen LogP contribution is 2.42. The molecule has 0 unspecified atom stereocenters. The zero-order valence-electron chi connectivity index (χ0n) is 20.3. The summed E-state index contributed by atoms with van der Waals surface area (Å²) in [6.45, 7) is 4.18. The molecule has 0 aliphatic heterocycles. The van der Waals surface area contributed by atoms with Gasteiger partial charge in [0.05, 0.1) is 27.1 Å². The molecule has 0 atom stereocenters. The number of hydrogen-bond donors (Lipinski definition) is 1. The molecule has 1 amide bonds. The van der Waals surface area contributed by atoms with E-state index < -0.39 is 0 Å². The van der Waals surface area contributed by atoms with E-state index in [0.717, 1.165) is 42.2 Å². The zero-order chi connectivity index (χ0) is 23.8. The number of rotatable bonds is 11. The van der Waals surface area contributed by atoms with Crippen molar-refractivity contribution in [1.29, 1.82) is 0 Å². The number of nitrogens with zero attached hydrogens (tertiary/aromatic N) is 3. The third-order valence-electron chi connectivity index (χ3n) is 6.21. The van der Waals surface area contributed by atoms with Gasteiger partial charge in [0.25, 0.3) is 0 Å². The Morgan fingerprint density at radius 1 is 1.06 bits per heavy atom. The predicted molar refractivity (Wildman–Crippen MR) is 130 cm³/mol. The summed E-state index contributed by atoms with van der Waals surface area (Å²) in [7, 11) is 4.80. The minimum atomic E-state index is 0.0289. The Morgan fingerprint density at radius 2 is 1.70 bits per heavy atom. The van der Waals surface area contributed by atoms with Crippen molar-refractivity contribution in [2.45, 2.75) is 76.0 Å². The number of aromatic nitrogens is 3. The van der Waals surface area contributed by atoms with Crippen molar-refractivity contribution in [2.75, 3.05) is 27.1 Å². The van der Waals surface area contributed by atoms with E-state index in [1.165, 1.54) is 31.0 Å². The third-order valence-corrected chi connectivity index (χ3v) is 7.15. The summed E-state index contributed by atoms with van der Waals surface area (Å²) in [5, 5.41) is 12.9. The molecule has 0 spiro atoms. The van der Waals surface area contributed by atoms with Gasteiger partial charge in [0.15, 0.2) is 22.5 Å². The molecule has 182 valence electrons. The molecule has 1 aromatic carbocycles. The van der Waals surface area contributed by atoms with Crippen LogP contribution in [0, 0.1) is 0 Å². The Hall–Kier alpha value is -2.42. The van der Waals surface area contributed by atoms with Gasteiger partial charge < -0.3 is 19.5 Å². The molecule has 1 aliphatic rings. The van der Waals surface area contributed by atoms with Gasteiger partial charge in [0.1, 0.15) is 0 Å². The second kappa shape index (κ2) is 12.2. The van der Waals surface area contributed by atoms with E-state index in [4.69, 9.17) is 14.2 Å². The van der Waals surface area contributed by atoms with Crippen molar-refractivity contribution < 1.29 is 19.0 Å². The normalized spacial score (nSPS) is 14.4. The number of amides is 1. The fourth-order valence-corrected chi connectivity index (χ4v) is 5.16. The molecule has 1 aliphatic carbocycles. The van der Waals surface area contributed by atoms with E-state index in [1.54, 1.807) is 21.3 Å². The highest BCUT2D eigenvalue weighted by Gasteiger charge is 2.26. The number of thioether (sulfide) groups is 1. The summed E-state index contributed by atoms with van der Waals surface area (Å²) in [4.78, 5) is 12.5. The molecule has 8 nitrogen and oxygen atoms in total. The first kappa shape index (κ1) is 25.2. The largest absolute Gasteiger partial charge is 0.493 e. The van der Waals surface area contributed by atoms with Crippen LogP contribution in [-0.2, 0) is 4.79 Å². The van der Waals surface area contributed by atoms with Gasteiger partial charge in [-0.3, -0.25) is 9.36 Å². The van der Waals surface area contributed by atoms with Gasteiger partial charge in [-0.15, -0.1) is 10.2 Å². The van der Waals surface area contributed by atoms with Gasteiger partial charge in [-0.25, -0.2) is 0 Å². The molecule has 1 saturated carbocycles. The van der Waals surface area contributed by atoms with Crippen LogP contribution in [0.15, 0.2) is 17.3 Å². The minimum absolute atomic E-state index is 0.0289. The lowest BCUT2D eigenvalue weighted by molar-refractivity contribution is -0.119. The highest BCUT2D eigenvalue weighted by molar-refractivity contribution is 7.99. The van der Waals surface area contributed by atoms with Crippen LogP contribution in [0.2, 0.25) is 0 Å². The Morgan fingerprint density at radius 3 is 2.24 bits per heavy atom. The van der Waals surface area contributed by atoms with Crippen molar-refractivity contribution in [3.05, 3.63) is 12.1 Å². The molecule has 3 rings (SSSR count). The van der Waals surface area contributed by atoms with Crippen LogP contribution >= 0.6 is 11.8 Å². The molecule has 1 aromatic heterocycles. The number of nitrogens with one attached hydrogen (secondary N) is 1. The van der Waals surface area contributed by atoms with E-state index in [1.807, 2.05) is 12.1 Å². The van der Waals surface area contributed by atoms with E-state index in [9.17, 15) is 4.79 Å². The summed E-state index contributed by atoms with van der Waals surface area (Å²) in [5.74, 6) is 2.79. The summed E-state index contributed by atoms with van der Waals surface area (Å²) in [6, 6.07) is 4.31. The molecule has 1 fully saturated rings. The number of methoxy groups -OCH3 is 3. The van der Waals surface area contributed by atoms with Gasteiger partial charge >= 0.3 is 0 Å². The molecule has 0 radical (unpaired) electrons. The van der Waals surface area contributed by atoms with Crippen molar-refractivity contribution in [3.63, 3.8) is 0 Å². The predicted octanol–water partition coefficient (Wildman–Crippen LogP) is 4.87. The fourth-order valence-electron chi connectivity index (χ4n) is 4.34. The summed E-state index contributed by atoms with van der Waals surface area (Å²) in [5.41, 5.74) is 0.843. The first-order valence-corrected chi connectivity index (χ1v) is 12.7. The number of ether oxygens (including phenoxy) is 3. The Labute approximate surface area is 200 Å². The van der Waals surface area contributed by atoms with Gasteiger partial charge in [0, 0.05) is 17.6 Å². The molecule has 1 heterocycles. The van der Waals surface area contributed by atoms with Crippen LogP contribution < -0.4 is 19.5 Å². The second-order valence-corrected chi connectivity index (χ2v) is 9.19. The Kier molecular flexibility index (Phi) is 9.29. The molecule has 9 heteroatoms. The van der Waals surface area contributed by atoms with Crippen LogP contribution in [0.4, 0.5) is 0 Å². The van der Waals surface area contributed by atoms with E-state index in [0.29, 0.717) is 29.0 Å². The van der Waals surface area contributed by atoms with Crippen LogP contribution in [0.3, 0.4) is 0 Å². The SMILES string of the molecule is CCC(CC)NC(=O)CSc1nnc(-c2cc(OC)c(OC)c(OC)c2)n1C1CCCCC1. The smallest absolute Gasteiger partial charge is 0.230 e. The Bertz CT molecular complexity index is 898. The van der Waals surface area contributed by atoms with Crippen LogP contribution in [0.5, 0.6) is 17.2 Å². The first-order chi connectivity index (χ1) is 16.1. The maximum atomic E-state index is 12.5. The van der Waals surface area contributed by atoms with Crippen molar-refractivity contribution in [2.24, 2.45) is 0 Å². The lowest BCUT2D eigenvalue weighted by Gasteiger charge is -2.26. The maximum Gasteiger partial charge on any atom is 0.230 e. The van der Waals surface area contributed by atoms with Crippen LogP contribution in [0.25, 0.3) is 11.4 Å². The average molecular weight is 477 g/mol. The maximum absolute atomic E-state index is 12.5. The van der Waals surface area contributed by atoms with Crippen LogP contribution in [-0.4, -0.2) is 53.8 Å². The summed E-state index contributed by atoms with van der Waals surface area (Å²) >= 11 is 1.44. The summed E-state index contributed by atoms with van der Waals surface area (Å²) < 4.78 is 18.8. The zero-order valence-corrected chi connectivity index (χ0v) is 21.2. The number of carbonyl (C=O) groups excluding carboxylic acids is 1. The second-order valence-electron chi connectivity index (χ2n) is 8.25. The van der Waals surface area contributed by atoms with Crippen molar-refractivity contribution in [3.8, 4) is 28.6 Å². The standard InChI is InChI=1S/C24H36N4O4S/c1-6-17(7-2)25-21(29)15-33-24-27-26-23(28(24)18-11-9-8-10-12-18)16-13-19(30-3)22(32-5)20(14-16)31-4/h13-14,17-18H,6-12,15H2,1-5H3,(H,25,29). The highest BCUT2D eigenvalue weighted by atomic mass is 32.2. The molecule has 1 N–H and O–H groups in total. The monoisotopic (exact) mass is 476 g/mol. The molecular weight excluding hydrogens is 440 g/mol. The number of benzene rings is 1. The van der Waals surface area contributed by atoms with Crippen molar-refractivity contribution in [1.82, 2.24) is 20.1 Å². The topological polar surface area (TPSA) is 87.5 Å². The van der Waals surface area contributed by atoms with Crippen molar-refractivity contribution >= 4 is 17.7 Å². The van der Waals surface area contributed by atoms with E-state index >= 15 is 0 Å². The first-order valence-electron chi connectivity index (χ1n) is 11.7. The molecule has 0 saturated heterocycles. The molecular formula is C24H36N4O4S. The van der Waals surface area contributed by atoms with Gasteiger partial charge in [-0.1, -0.05) is 44.9 Å². The molecule has 2 aromatic rings. The minimum Gasteiger partial charge on any atom is -0.493 e. The molecule has 33 heavy (non-hydrogen) atoms. The van der Waals surface area contributed by atoms with E-state index in [2.05, 4.69) is 33.9 Å². The van der Waals surface area contributed by atoms with Gasteiger partial charge in [-0.05, 0) is 37.8 Å². The van der Waals surface area contributed by atoms with Gasteiger partial charge in [-0.2, -0.15) is 0 Å². The third kappa shape index (κ3) is 5.93.